The van der Waals surface area contributed by atoms with Crippen LogP contribution in [0.25, 0.3) is 0 Å². The molecule has 0 radical (unpaired) electrons. The summed E-state index contributed by atoms with van der Waals surface area (Å²) in [6.07, 6.45) is 1.88. The van der Waals surface area contributed by atoms with Gasteiger partial charge in [0, 0.05) is 11.4 Å². The summed E-state index contributed by atoms with van der Waals surface area (Å²) in [6.45, 7) is 9.11. The molecule has 0 bridgehead atoms. The van der Waals surface area contributed by atoms with Crippen LogP contribution in [-0.4, -0.2) is 35.8 Å². The zero-order valence-electron chi connectivity index (χ0n) is 13.3. The number of carbonyl (C=O) groups is 1. The van der Waals surface area contributed by atoms with Gasteiger partial charge in [-0.2, -0.15) is 0 Å². The molecule has 1 aromatic heterocycles. The van der Waals surface area contributed by atoms with E-state index in [-0.39, 0.29) is 18.3 Å². The van der Waals surface area contributed by atoms with E-state index in [0.29, 0.717) is 6.54 Å². The van der Waals surface area contributed by atoms with Crippen molar-refractivity contribution in [2.24, 2.45) is 0 Å². The molecule has 4 nitrogen and oxygen atoms in total. The lowest BCUT2D eigenvalue weighted by Gasteiger charge is -2.35. The van der Waals surface area contributed by atoms with E-state index in [9.17, 15) is 4.79 Å². The van der Waals surface area contributed by atoms with Crippen LogP contribution < -0.4 is 0 Å². The van der Waals surface area contributed by atoms with E-state index in [4.69, 9.17) is 9.47 Å². The Labute approximate surface area is 131 Å². The van der Waals surface area contributed by atoms with Crippen LogP contribution in [0, 0.1) is 0 Å². The van der Waals surface area contributed by atoms with Gasteiger partial charge in [0.05, 0.1) is 18.8 Å². The molecule has 0 aliphatic carbocycles. The molecule has 0 saturated carbocycles. The Balaban J connectivity index is 1.87. The number of thiophene rings is 1. The maximum absolute atomic E-state index is 12.1. The van der Waals surface area contributed by atoms with Gasteiger partial charge in [-0.25, -0.2) is 4.79 Å². The first-order valence-electron chi connectivity index (χ1n) is 7.52. The molecule has 2 atom stereocenters. The van der Waals surface area contributed by atoms with Crippen molar-refractivity contribution in [3.8, 4) is 0 Å². The van der Waals surface area contributed by atoms with E-state index in [1.165, 1.54) is 4.88 Å². The zero-order valence-corrected chi connectivity index (χ0v) is 14.1. The molecule has 1 aliphatic rings. The van der Waals surface area contributed by atoms with Gasteiger partial charge in [0.25, 0.3) is 0 Å². The molecule has 0 unspecified atom stereocenters. The summed E-state index contributed by atoms with van der Waals surface area (Å²) in [5.74, 6) is 0. The van der Waals surface area contributed by atoms with Crippen molar-refractivity contribution in [3.05, 3.63) is 22.4 Å². The van der Waals surface area contributed by atoms with Crippen molar-refractivity contribution < 1.29 is 14.3 Å². The van der Waals surface area contributed by atoms with Gasteiger partial charge in [-0.05, 0) is 52.0 Å². The monoisotopic (exact) mass is 311 g/mol. The Kier molecular flexibility index (Phi) is 5.27. The number of piperidine rings is 1. The van der Waals surface area contributed by atoms with E-state index in [1.807, 2.05) is 26.8 Å². The highest BCUT2D eigenvalue weighted by Crippen LogP contribution is 2.26. The summed E-state index contributed by atoms with van der Waals surface area (Å²) >= 11 is 1.70. The molecular formula is C16H25NO3S. The third-order valence-corrected chi connectivity index (χ3v) is 4.40. The van der Waals surface area contributed by atoms with Crippen LogP contribution in [0.4, 0.5) is 4.79 Å². The maximum Gasteiger partial charge on any atom is 0.410 e. The summed E-state index contributed by atoms with van der Waals surface area (Å²) in [4.78, 5) is 15.1. The fraction of sp³-hybridized carbons (Fsp3) is 0.688. The van der Waals surface area contributed by atoms with Gasteiger partial charge in [0.15, 0.2) is 0 Å². The van der Waals surface area contributed by atoms with Crippen LogP contribution in [-0.2, 0) is 9.47 Å². The highest BCUT2D eigenvalue weighted by Gasteiger charge is 2.29. The Hall–Kier alpha value is -1.07. The van der Waals surface area contributed by atoms with Crippen LogP contribution >= 0.6 is 11.3 Å². The summed E-state index contributed by atoms with van der Waals surface area (Å²) in [6, 6.07) is 4.12. The van der Waals surface area contributed by atoms with Crippen LogP contribution in [0.2, 0.25) is 0 Å². The van der Waals surface area contributed by atoms with Gasteiger partial charge in [-0.15, -0.1) is 11.3 Å². The average molecular weight is 311 g/mol. The van der Waals surface area contributed by atoms with Crippen LogP contribution in [0.5, 0.6) is 0 Å². The summed E-state index contributed by atoms with van der Waals surface area (Å²) in [5.41, 5.74) is -0.449. The van der Waals surface area contributed by atoms with Crippen molar-refractivity contribution in [2.75, 3.05) is 13.1 Å². The number of carbonyl (C=O) groups excluding carboxylic acids is 1. The quantitative estimate of drug-likeness (QED) is 0.838. The SMILES string of the molecule is C[C@@H](O[C@H]1CCCN(C(=O)OC(C)(C)C)C1)c1cccs1. The molecule has 2 rings (SSSR count). The summed E-state index contributed by atoms with van der Waals surface area (Å²) in [5, 5.41) is 2.06. The Morgan fingerprint density at radius 3 is 2.86 bits per heavy atom. The minimum Gasteiger partial charge on any atom is -0.444 e. The molecular weight excluding hydrogens is 286 g/mol. The molecule has 1 amide bonds. The van der Waals surface area contributed by atoms with E-state index in [0.717, 1.165) is 19.4 Å². The number of rotatable bonds is 3. The topological polar surface area (TPSA) is 38.8 Å². The number of hydrogen-bond donors (Lipinski definition) is 0. The largest absolute Gasteiger partial charge is 0.444 e. The van der Waals surface area contributed by atoms with Crippen molar-refractivity contribution in [1.82, 2.24) is 4.90 Å². The molecule has 1 fully saturated rings. The minimum atomic E-state index is -0.449. The van der Waals surface area contributed by atoms with Crippen molar-refractivity contribution >= 4 is 17.4 Å². The van der Waals surface area contributed by atoms with Gasteiger partial charge >= 0.3 is 6.09 Å². The first-order valence-corrected chi connectivity index (χ1v) is 8.40. The number of hydrogen-bond acceptors (Lipinski definition) is 4. The Bertz CT molecular complexity index is 453. The molecule has 1 aliphatic heterocycles. The second-order valence-electron chi connectivity index (χ2n) is 6.48. The lowest BCUT2D eigenvalue weighted by atomic mass is 10.1. The fourth-order valence-electron chi connectivity index (χ4n) is 2.42. The van der Waals surface area contributed by atoms with Crippen molar-refractivity contribution in [1.29, 1.82) is 0 Å². The second kappa shape index (κ2) is 6.79. The fourth-order valence-corrected chi connectivity index (χ4v) is 3.14. The molecule has 2 heterocycles. The molecule has 0 N–H and O–H groups in total. The number of ether oxygens (including phenoxy) is 2. The average Bonchev–Trinajstić information content (AvgIpc) is 2.91. The van der Waals surface area contributed by atoms with E-state index < -0.39 is 5.60 Å². The maximum atomic E-state index is 12.1. The molecule has 5 heteroatoms. The first kappa shape index (κ1) is 16.3. The number of nitrogens with zero attached hydrogens (tertiary/aromatic N) is 1. The van der Waals surface area contributed by atoms with Crippen LogP contribution in [0.1, 0.15) is 51.5 Å². The smallest absolute Gasteiger partial charge is 0.410 e. The first-order chi connectivity index (χ1) is 9.85. The molecule has 1 aromatic rings. The highest BCUT2D eigenvalue weighted by atomic mass is 32.1. The normalized spacial score (nSPS) is 21.1. The molecule has 0 spiro atoms. The van der Waals surface area contributed by atoms with E-state index >= 15 is 0 Å². The highest BCUT2D eigenvalue weighted by molar-refractivity contribution is 7.10. The van der Waals surface area contributed by atoms with Gasteiger partial charge in [-0.3, -0.25) is 0 Å². The predicted octanol–water partition coefficient (Wildman–Crippen LogP) is 4.23. The van der Waals surface area contributed by atoms with E-state index in [1.54, 1.807) is 16.2 Å². The van der Waals surface area contributed by atoms with Crippen molar-refractivity contribution in [3.63, 3.8) is 0 Å². The van der Waals surface area contributed by atoms with E-state index in [2.05, 4.69) is 18.4 Å². The van der Waals surface area contributed by atoms with Gasteiger partial charge in [-0.1, -0.05) is 6.07 Å². The van der Waals surface area contributed by atoms with Gasteiger partial charge in [0.1, 0.15) is 5.60 Å². The standard InChI is InChI=1S/C16H25NO3S/c1-12(14-8-6-10-21-14)19-13-7-5-9-17(11-13)15(18)20-16(2,3)4/h6,8,10,12-13H,5,7,9,11H2,1-4H3/t12-,13+/m1/s1. The summed E-state index contributed by atoms with van der Waals surface area (Å²) < 4.78 is 11.5. The molecule has 21 heavy (non-hydrogen) atoms. The molecule has 1 saturated heterocycles. The number of amides is 1. The summed E-state index contributed by atoms with van der Waals surface area (Å²) in [7, 11) is 0. The van der Waals surface area contributed by atoms with Crippen molar-refractivity contribution in [2.45, 2.75) is 58.3 Å². The Morgan fingerprint density at radius 2 is 2.24 bits per heavy atom. The van der Waals surface area contributed by atoms with Crippen LogP contribution in [0.15, 0.2) is 17.5 Å². The number of likely N-dealkylation sites (tertiary alicyclic amines) is 1. The molecule has 0 aromatic carbocycles. The lowest BCUT2D eigenvalue weighted by Crippen LogP contribution is -2.45. The zero-order chi connectivity index (χ0) is 15.5. The third-order valence-electron chi connectivity index (χ3n) is 3.37. The van der Waals surface area contributed by atoms with Gasteiger partial charge in [0.2, 0.25) is 0 Å². The molecule has 118 valence electrons. The predicted molar refractivity (Wildman–Crippen MR) is 84.6 cm³/mol. The minimum absolute atomic E-state index is 0.0774. The lowest BCUT2D eigenvalue weighted by molar-refractivity contribution is -0.0474. The Morgan fingerprint density at radius 1 is 1.48 bits per heavy atom. The van der Waals surface area contributed by atoms with Crippen LogP contribution in [0.3, 0.4) is 0 Å². The van der Waals surface area contributed by atoms with Gasteiger partial charge < -0.3 is 14.4 Å². The third kappa shape index (κ3) is 5.00. The second-order valence-corrected chi connectivity index (χ2v) is 7.46.